The zero-order chi connectivity index (χ0) is 25.0. The number of benzene rings is 2. The molecule has 4 aromatic heterocycles. The van der Waals surface area contributed by atoms with Crippen molar-refractivity contribution in [2.45, 2.75) is 20.0 Å². The Kier molecular flexibility index (Phi) is 6.14. The third kappa shape index (κ3) is 5.10. The van der Waals surface area contributed by atoms with Crippen molar-refractivity contribution in [1.82, 2.24) is 34.9 Å². The molecule has 0 spiro atoms. The zero-order valence-electron chi connectivity index (χ0n) is 20.3. The standard InChI is InChI=1S/C29H25N7O/c1-20-7-5-12-25(33-20)29-28(22-13-14-27-31-19-32-36(27)18-22)34-26(35-29)17-30-16-21-8-6-11-24(15-21)37-23-9-3-2-4-10-23/h2-15,18-19,30H,16-17H2,1H3,(H,34,35). The minimum absolute atomic E-state index is 0.564. The average Bonchev–Trinajstić information content (AvgIpc) is 3.56. The second kappa shape index (κ2) is 10.0. The zero-order valence-corrected chi connectivity index (χ0v) is 20.3. The van der Waals surface area contributed by atoms with Gasteiger partial charge in [0, 0.05) is 24.0 Å². The number of aromatic nitrogens is 6. The molecule has 37 heavy (non-hydrogen) atoms. The van der Waals surface area contributed by atoms with E-state index < -0.39 is 0 Å². The summed E-state index contributed by atoms with van der Waals surface area (Å²) in [4.78, 5) is 17.4. The Balaban J connectivity index is 1.22. The van der Waals surface area contributed by atoms with Crippen LogP contribution in [0.25, 0.3) is 28.3 Å². The predicted octanol–water partition coefficient (Wildman–Crippen LogP) is 5.57. The first kappa shape index (κ1) is 22.6. The summed E-state index contributed by atoms with van der Waals surface area (Å²) >= 11 is 0. The lowest BCUT2D eigenvalue weighted by Crippen LogP contribution is -2.13. The van der Waals surface area contributed by atoms with Crippen LogP contribution in [-0.2, 0) is 13.1 Å². The highest BCUT2D eigenvalue weighted by Gasteiger charge is 2.16. The predicted molar refractivity (Wildman–Crippen MR) is 142 cm³/mol. The maximum Gasteiger partial charge on any atom is 0.155 e. The van der Waals surface area contributed by atoms with Gasteiger partial charge in [0.05, 0.1) is 23.6 Å². The molecule has 0 aliphatic heterocycles. The molecular formula is C29H25N7O. The number of nitrogens with one attached hydrogen (secondary N) is 2. The van der Waals surface area contributed by atoms with Crippen LogP contribution in [0, 0.1) is 6.92 Å². The van der Waals surface area contributed by atoms with Gasteiger partial charge in [-0.15, -0.1) is 0 Å². The normalized spacial score (nSPS) is 11.2. The number of ether oxygens (including phenoxy) is 1. The molecule has 8 heteroatoms. The first-order valence-corrected chi connectivity index (χ1v) is 12.1. The van der Waals surface area contributed by atoms with Crippen molar-refractivity contribution in [2.24, 2.45) is 0 Å². The van der Waals surface area contributed by atoms with Gasteiger partial charge in [-0.1, -0.05) is 36.4 Å². The van der Waals surface area contributed by atoms with Crippen molar-refractivity contribution >= 4 is 5.65 Å². The van der Waals surface area contributed by atoms with Crippen LogP contribution in [0.5, 0.6) is 11.5 Å². The van der Waals surface area contributed by atoms with Crippen molar-refractivity contribution in [3.63, 3.8) is 0 Å². The van der Waals surface area contributed by atoms with Crippen LogP contribution in [-0.4, -0.2) is 29.5 Å². The van der Waals surface area contributed by atoms with Crippen molar-refractivity contribution in [3.05, 3.63) is 115 Å². The van der Waals surface area contributed by atoms with E-state index in [0.717, 1.165) is 56.9 Å². The molecular weight excluding hydrogens is 462 g/mol. The van der Waals surface area contributed by atoms with E-state index in [2.05, 4.69) is 26.4 Å². The number of rotatable bonds is 8. The number of aromatic amines is 1. The molecule has 0 saturated carbocycles. The number of fused-ring (bicyclic) bond motifs is 1. The van der Waals surface area contributed by atoms with E-state index in [0.29, 0.717) is 13.1 Å². The molecule has 0 aliphatic rings. The van der Waals surface area contributed by atoms with Crippen molar-refractivity contribution < 1.29 is 4.74 Å². The summed E-state index contributed by atoms with van der Waals surface area (Å²) in [5, 5.41) is 7.77. The largest absolute Gasteiger partial charge is 0.457 e. The van der Waals surface area contributed by atoms with Crippen LogP contribution in [0.15, 0.2) is 97.5 Å². The molecule has 0 fully saturated rings. The van der Waals surface area contributed by atoms with E-state index >= 15 is 0 Å². The molecule has 6 rings (SSSR count). The fraction of sp³-hybridized carbons (Fsp3) is 0.103. The second-order valence-electron chi connectivity index (χ2n) is 8.72. The van der Waals surface area contributed by atoms with Crippen LogP contribution in [0.3, 0.4) is 0 Å². The van der Waals surface area contributed by atoms with Gasteiger partial charge in [0.15, 0.2) is 5.65 Å². The number of imidazole rings is 1. The molecule has 6 aromatic rings. The van der Waals surface area contributed by atoms with Gasteiger partial charge in [-0.05, 0) is 61.0 Å². The summed E-state index contributed by atoms with van der Waals surface area (Å²) in [5.74, 6) is 2.45. The minimum atomic E-state index is 0.564. The Hall–Kier alpha value is -4.82. The Bertz CT molecular complexity index is 1660. The van der Waals surface area contributed by atoms with E-state index in [9.17, 15) is 0 Å². The van der Waals surface area contributed by atoms with Crippen molar-refractivity contribution in [3.8, 4) is 34.1 Å². The summed E-state index contributed by atoms with van der Waals surface area (Å²) in [6.07, 6.45) is 3.48. The van der Waals surface area contributed by atoms with Gasteiger partial charge in [0.2, 0.25) is 0 Å². The molecule has 0 saturated heterocycles. The van der Waals surface area contributed by atoms with Crippen LogP contribution in [0.4, 0.5) is 0 Å². The quantitative estimate of drug-likeness (QED) is 0.291. The fourth-order valence-electron chi connectivity index (χ4n) is 4.21. The Morgan fingerprint density at radius 1 is 0.865 bits per heavy atom. The molecule has 0 unspecified atom stereocenters. The van der Waals surface area contributed by atoms with E-state index in [1.807, 2.05) is 92.0 Å². The number of para-hydroxylation sites is 1. The van der Waals surface area contributed by atoms with Crippen molar-refractivity contribution in [2.75, 3.05) is 0 Å². The summed E-state index contributed by atoms with van der Waals surface area (Å²) in [7, 11) is 0. The summed E-state index contributed by atoms with van der Waals surface area (Å²) in [6, 6.07) is 27.8. The molecule has 8 nitrogen and oxygen atoms in total. The lowest BCUT2D eigenvalue weighted by atomic mass is 10.1. The van der Waals surface area contributed by atoms with E-state index in [1.165, 1.54) is 0 Å². The molecule has 0 radical (unpaired) electrons. The lowest BCUT2D eigenvalue weighted by Gasteiger charge is -2.08. The third-order valence-electron chi connectivity index (χ3n) is 5.94. The first-order chi connectivity index (χ1) is 18.2. The molecule has 182 valence electrons. The SMILES string of the molecule is Cc1cccc(-c2[nH]c(CNCc3cccc(Oc4ccccc4)c3)nc2-c2ccc3ncnn3c2)n1. The van der Waals surface area contributed by atoms with Crippen LogP contribution >= 0.6 is 0 Å². The Labute approximate surface area is 214 Å². The maximum absolute atomic E-state index is 5.97. The highest BCUT2D eigenvalue weighted by Crippen LogP contribution is 2.29. The monoisotopic (exact) mass is 487 g/mol. The molecule has 0 bridgehead atoms. The third-order valence-corrected chi connectivity index (χ3v) is 5.94. The summed E-state index contributed by atoms with van der Waals surface area (Å²) < 4.78 is 7.72. The van der Waals surface area contributed by atoms with E-state index in [4.69, 9.17) is 14.7 Å². The number of hydrogen-bond acceptors (Lipinski definition) is 6. The molecule has 0 aliphatic carbocycles. The molecule has 2 N–H and O–H groups in total. The van der Waals surface area contributed by atoms with E-state index in [1.54, 1.807) is 10.8 Å². The molecule has 4 heterocycles. The second-order valence-corrected chi connectivity index (χ2v) is 8.72. The van der Waals surface area contributed by atoms with Crippen LogP contribution < -0.4 is 10.1 Å². The number of nitrogens with zero attached hydrogens (tertiary/aromatic N) is 5. The topological polar surface area (TPSA) is 93.0 Å². The lowest BCUT2D eigenvalue weighted by molar-refractivity contribution is 0.481. The van der Waals surface area contributed by atoms with Gasteiger partial charge in [0.1, 0.15) is 23.7 Å². The highest BCUT2D eigenvalue weighted by atomic mass is 16.5. The molecule has 2 aromatic carbocycles. The number of H-pyrrole nitrogens is 1. The molecule has 0 atom stereocenters. The van der Waals surface area contributed by atoms with Crippen LogP contribution in [0.2, 0.25) is 0 Å². The fourth-order valence-corrected chi connectivity index (χ4v) is 4.21. The van der Waals surface area contributed by atoms with Crippen molar-refractivity contribution in [1.29, 1.82) is 0 Å². The number of aryl methyl sites for hydroxylation is 1. The van der Waals surface area contributed by atoms with Gasteiger partial charge < -0.3 is 15.0 Å². The van der Waals surface area contributed by atoms with Gasteiger partial charge in [-0.3, -0.25) is 4.98 Å². The van der Waals surface area contributed by atoms with Gasteiger partial charge in [-0.25, -0.2) is 14.5 Å². The average molecular weight is 488 g/mol. The van der Waals surface area contributed by atoms with Gasteiger partial charge >= 0.3 is 0 Å². The Morgan fingerprint density at radius 2 is 1.73 bits per heavy atom. The molecule has 0 amide bonds. The van der Waals surface area contributed by atoms with Gasteiger partial charge in [-0.2, -0.15) is 5.10 Å². The maximum atomic E-state index is 5.97. The Morgan fingerprint density at radius 3 is 2.62 bits per heavy atom. The highest BCUT2D eigenvalue weighted by molar-refractivity contribution is 5.77. The smallest absolute Gasteiger partial charge is 0.155 e. The summed E-state index contributed by atoms with van der Waals surface area (Å²) in [6.45, 7) is 3.22. The van der Waals surface area contributed by atoms with Crippen LogP contribution in [0.1, 0.15) is 17.1 Å². The summed E-state index contributed by atoms with van der Waals surface area (Å²) in [5.41, 5.74) is 6.33. The van der Waals surface area contributed by atoms with Gasteiger partial charge in [0.25, 0.3) is 0 Å². The van der Waals surface area contributed by atoms with E-state index in [-0.39, 0.29) is 0 Å². The first-order valence-electron chi connectivity index (χ1n) is 12.1. The minimum Gasteiger partial charge on any atom is -0.457 e. The number of pyridine rings is 2. The number of hydrogen-bond donors (Lipinski definition) is 2.